The van der Waals surface area contributed by atoms with Crippen LogP contribution >= 0.6 is 0 Å². The van der Waals surface area contributed by atoms with Gasteiger partial charge in [0.1, 0.15) is 5.82 Å². The van der Waals surface area contributed by atoms with Gasteiger partial charge in [-0.1, -0.05) is 12.1 Å². The number of hydrogen-bond acceptors (Lipinski definition) is 2. The van der Waals surface area contributed by atoms with Gasteiger partial charge in [0.15, 0.2) is 0 Å². The number of amides is 2. The Morgan fingerprint density at radius 3 is 2.50 bits per heavy atom. The Bertz CT molecular complexity index is 483. The molecule has 0 radical (unpaired) electrons. The highest BCUT2D eigenvalue weighted by Crippen LogP contribution is 2.26. The van der Waals surface area contributed by atoms with Crippen LogP contribution in [0.4, 0.5) is 4.39 Å². The molecule has 0 bridgehead atoms. The number of benzene rings is 1. The highest BCUT2D eigenvalue weighted by atomic mass is 19.1. The van der Waals surface area contributed by atoms with Crippen molar-refractivity contribution in [2.75, 3.05) is 6.54 Å². The number of halogens is 1. The predicted octanol–water partition coefficient (Wildman–Crippen LogP) is 1.84. The van der Waals surface area contributed by atoms with Crippen LogP contribution in [0.15, 0.2) is 24.3 Å². The lowest BCUT2D eigenvalue weighted by Gasteiger charge is -2.20. The predicted molar refractivity (Wildman–Crippen MR) is 73.3 cm³/mol. The number of rotatable bonds is 6. The molecule has 1 fully saturated rings. The summed E-state index contributed by atoms with van der Waals surface area (Å²) >= 11 is 0. The van der Waals surface area contributed by atoms with Crippen molar-refractivity contribution in [2.24, 2.45) is 0 Å². The number of hydrogen-bond donors (Lipinski definition) is 1. The lowest BCUT2D eigenvalue weighted by Crippen LogP contribution is -2.35. The molecular weight excluding hydrogens is 259 g/mol. The monoisotopic (exact) mass is 278 g/mol. The molecule has 2 amide bonds. The maximum absolute atomic E-state index is 12.7. The summed E-state index contributed by atoms with van der Waals surface area (Å²) in [4.78, 5) is 24.9. The van der Waals surface area contributed by atoms with Crippen molar-refractivity contribution < 1.29 is 14.0 Å². The van der Waals surface area contributed by atoms with Gasteiger partial charge < -0.3 is 10.2 Å². The second-order valence-corrected chi connectivity index (χ2v) is 5.10. The minimum absolute atomic E-state index is 0.0267. The summed E-state index contributed by atoms with van der Waals surface area (Å²) in [5.41, 5.74) is 0.852. The lowest BCUT2D eigenvalue weighted by molar-refractivity contribution is -0.130. The number of carbonyl (C=O) groups excluding carboxylic acids is 2. The molecule has 0 unspecified atom stereocenters. The zero-order chi connectivity index (χ0) is 14.5. The second kappa shape index (κ2) is 6.50. The molecule has 0 heterocycles. The largest absolute Gasteiger partial charge is 0.352 e. The van der Waals surface area contributed by atoms with E-state index in [-0.39, 0.29) is 17.6 Å². The van der Waals surface area contributed by atoms with Crippen LogP contribution in [0.5, 0.6) is 0 Å². The third kappa shape index (κ3) is 4.33. The molecule has 0 spiro atoms. The zero-order valence-corrected chi connectivity index (χ0v) is 11.6. The normalized spacial score (nSPS) is 13.9. The SMILES string of the molecule is CC(=O)N(CCC(=O)NCc1ccc(F)cc1)C1CC1. The Balaban J connectivity index is 1.72. The minimum Gasteiger partial charge on any atom is -0.352 e. The molecule has 20 heavy (non-hydrogen) atoms. The topological polar surface area (TPSA) is 49.4 Å². The van der Waals surface area contributed by atoms with Crippen molar-refractivity contribution in [1.29, 1.82) is 0 Å². The van der Waals surface area contributed by atoms with Gasteiger partial charge in [0.05, 0.1) is 0 Å². The average molecular weight is 278 g/mol. The highest BCUT2D eigenvalue weighted by Gasteiger charge is 2.30. The van der Waals surface area contributed by atoms with Crippen molar-refractivity contribution >= 4 is 11.8 Å². The van der Waals surface area contributed by atoms with Crippen molar-refractivity contribution in [3.05, 3.63) is 35.6 Å². The molecule has 0 atom stereocenters. The standard InChI is InChI=1S/C15H19FN2O2/c1-11(19)18(14-6-7-14)9-8-15(20)17-10-12-2-4-13(16)5-3-12/h2-5,14H,6-10H2,1H3,(H,17,20). The summed E-state index contributed by atoms with van der Waals surface area (Å²) in [6.45, 7) is 2.38. The Morgan fingerprint density at radius 2 is 1.95 bits per heavy atom. The van der Waals surface area contributed by atoms with E-state index in [0.717, 1.165) is 18.4 Å². The molecule has 108 valence electrons. The fourth-order valence-electron chi connectivity index (χ4n) is 2.10. The van der Waals surface area contributed by atoms with Crippen LogP contribution in [0.25, 0.3) is 0 Å². The Hall–Kier alpha value is -1.91. The van der Waals surface area contributed by atoms with Gasteiger partial charge in [-0.2, -0.15) is 0 Å². The smallest absolute Gasteiger partial charge is 0.222 e. The van der Waals surface area contributed by atoms with Gasteiger partial charge in [-0.05, 0) is 30.5 Å². The Morgan fingerprint density at radius 1 is 1.30 bits per heavy atom. The van der Waals surface area contributed by atoms with Crippen LogP contribution in [0, 0.1) is 5.82 Å². The summed E-state index contributed by atoms with van der Waals surface area (Å²) in [7, 11) is 0. The maximum atomic E-state index is 12.7. The van der Waals surface area contributed by atoms with Crippen molar-refractivity contribution in [3.8, 4) is 0 Å². The first-order chi connectivity index (χ1) is 9.56. The number of carbonyl (C=O) groups is 2. The summed E-state index contributed by atoms with van der Waals surface area (Å²) < 4.78 is 12.7. The van der Waals surface area contributed by atoms with Crippen LogP contribution in [-0.4, -0.2) is 29.3 Å². The molecule has 0 aliphatic heterocycles. The summed E-state index contributed by atoms with van der Waals surface area (Å²) in [6.07, 6.45) is 2.38. The Kier molecular flexibility index (Phi) is 4.71. The second-order valence-electron chi connectivity index (χ2n) is 5.10. The fourth-order valence-corrected chi connectivity index (χ4v) is 2.10. The van der Waals surface area contributed by atoms with Crippen molar-refractivity contribution in [1.82, 2.24) is 10.2 Å². The lowest BCUT2D eigenvalue weighted by atomic mass is 10.2. The van der Waals surface area contributed by atoms with E-state index in [1.165, 1.54) is 19.1 Å². The van der Waals surface area contributed by atoms with E-state index in [4.69, 9.17) is 0 Å². The molecule has 1 aliphatic rings. The number of nitrogens with zero attached hydrogens (tertiary/aromatic N) is 1. The maximum Gasteiger partial charge on any atom is 0.222 e. The molecule has 1 aromatic rings. The van der Waals surface area contributed by atoms with Crippen LogP contribution in [0.1, 0.15) is 31.7 Å². The van der Waals surface area contributed by atoms with Gasteiger partial charge >= 0.3 is 0 Å². The van der Waals surface area contributed by atoms with E-state index in [9.17, 15) is 14.0 Å². The summed E-state index contributed by atoms with van der Waals surface area (Å²) in [5, 5.41) is 2.77. The van der Waals surface area contributed by atoms with E-state index >= 15 is 0 Å². The first kappa shape index (κ1) is 14.5. The first-order valence-corrected chi connectivity index (χ1v) is 6.84. The van der Waals surface area contributed by atoms with Gasteiger partial charge in [-0.3, -0.25) is 9.59 Å². The molecule has 1 saturated carbocycles. The van der Waals surface area contributed by atoms with Crippen LogP contribution < -0.4 is 5.32 Å². The third-order valence-corrected chi connectivity index (χ3v) is 3.37. The molecule has 2 rings (SSSR count). The molecule has 0 saturated heterocycles. The molecule has 0 aromatic heterocycles. The van der Waals surface area contributed by atoms with Crippen molar-refractivity contribution in [3.63, 3.8) is 0 Å². The van der Waals surface area contributed by atoms with E-state index in [0.29, 0.717) is 25.6 Å². The molecule has 4 nitrogen and oxygen atoms in total. The zero-order valence-electron chi connectivity index (χ0n) is 11.6. The van der Waals surface area contributed by atoms with E-state index in [1.54, 1.807) is 17.0 Å². The summed E-state index contributed by atoms with van der Waals surface area (Å²) in [6, 6.07) is 6.35. The highest BCUT2D eigenvalue weighted by molar-refractivity contribution is 5.78. The third-order valence-electron chi connectivity index (χ3n) is 3.37. The van der Waals surface area contributed by atoms with E-state index in [1.807, 2.05) is 0 Å². The van der Waals surface area contributed by atoms with Gasteiger partial charge in [0.25, 0.3) is 0 Å². The Labute approximate surface area is 118 Å². The fraction of sp³-hybridized carbons (Fsp3) is 0.467. The molecule has 1 aliphatic carbocycles. The van der Waals surface area contributed by atoms with E-state index in [2.05, 4.69) is 5.32 Å². The van der Waals surface area contributed by atoms with E-state index < -0.39 is 0 Å². The van der Waals surface area contributed by atoms with Crippen LogP contribution in [0.2, 0.25) is 0 Å². The van der Waals surface area contributed by atoms with Gasteiger partial charge in [0, 0.05) is 32.5 Å². The van der Waals surface area contributed by atoms with Crippen LogP contribution in [-0.2, 0) is 16.1 Å². The minimum atomic E-state index is -0.290. The van der Waals surface area contributed by atoms with Crippen LogP contribution in [0.3, 0.4) is 0 Å². The molecule has 1 aromatic carbocycles. The van der Waals surface area contributed by atoms with Gasteiger partial charge in [-0.25, -0.2) is 4.39 Å². The number of nitrogens with one attached hydrogen (secondary N) is 1. The summed E-state index contributed by atoms with van der Waals surface area (Å²) in [5.74, 6) is -0.360. The van der Waals surface area contributed by atoms with Gasteiger partial charge in [-0.15, -0.1) is 0 Å². The molecule has 1 N–H and O–H groups in total. The average Bonchev–Trinajstić information content (AvgIpc) is 3.22. The molecule has 5 heteroatoms. The quantitative estimate of drug-likeness (QED) is 0.863. The van der Waals surface area contributed by atoms with Gasteiger partial charge in [0.2, 0.25) is 11.8 Å². The van der Waals surface area contributed by atoms with Crippen molar-refractivity contribution in [2.45, 2.75) is 38.8 Å². The first-order valence-electron chi connectivity index (χ1n) is 6.84. The molecular formula is C15H19FN2O2.